The summed E-state index contributed by atoms with van der Waals surface area (Å²) < 4.78 is 27.5. The Morgan fingerprint density at radius 2 is 1.75 bits per heavy atom. The summed E-state index contributed by atoms with van der Waals surface area (Å²) in [5, 5.41) is 0. The molecule has 0 aliphatic carbocycles. The number of hydrogen-bond acceptors (Lipinski definition) is 3. The summed E-state index contributed by atoms with van der Waals surface area (Å²) in [4.78, 5) is 0.163. The summed E-state index contributed by atoms with van der Waals surface area (Å²) in [5.41, 5.74) is 5.51. The van der Waals surface area contributed by atoms with Crippen LogP contribution in [0.1, 0.15) is 27.7 Å². The molecule has 0 spiro atoms. The first-order valence-corrected chi connectivity index (χ1v) is 6.99. The number of hydrogen-bond donors (Lipinski definition) is 2. The number of nitrogens with zero attached hydrogens (tertiary/aromatic N) is 1. The Morgan fingerprint density at radius 1 is 1.31 bits per heavy atom. The summed E-state index contributed by atoms with van der Waals surface area (Å²) in [6, 6.07) is -0.627. The summed E-state index contributed by atoms with van der Waals surface area (Å²) in [6.07, 6.45) is 0. The van der Waals surface area contributed by atoms with Crippen LogP contribution in [0.3, 0.4) is 0 Å². The van der Waals surface area contributed by atoms with Gasteiger partial charge in [-0.3, -0.25) is 0 Å². The highest BCUT2D eigenvalue weighted by Crippen LogP contribution is 2.07. The third-order valence-corrected chi connectivity index (χ3v) is 4.34. The van der Waals surface area contributed by atoms with Crippen molar-refractivity contribution in [2.24, 2.45) is 11.7 Å². The van der Waals surface area contributed by atoms with E-state index in [4.69, 9.17) is 18.0 Å². The summed E-state index contributed by atoms with van der Waals surface area (Å²) >= 11 is 4.85. The second kappa shape index (κ2) is 5.90. The van der Waals surface area contributed by atoms with Gasteiger partial charge in [-0.15, -0.1) is 0 Å². The van der Waals surface area contributed by atoms with Crippen LogP contribution in [0, 0.1) is 5.92 Å². The van der Waals surface area contributed by atoms with Gasteiger partial charge in [0, 0.05) is 13.1 Å². The fourth-order valence-corrected chi connectivity index (χ4v) is 2.89. The van der Waals surface area contributed by atoms with Crippen molar-refractivity contribution in [2.45, 2.75) is 39.8 Å². The van der Waals surface area contributed by atoms with Gasteiger partial charge in [-0.25, -0.2) is 0 Å². The monoisotopic (exact) mass is 267 g/mol. The Bertz CT molecular complexity index is 339. The van der Waals surface area contributed by atoms with Gasteiger partial charge < -0.3 is 5.73 Å². The number of nitrogens with one attached hydrogen (secondary N) is 1. The summed E-state index contributed by atoms with van der Waals surface area (Å²) in [7, 11) is -2.02. The maximum Gasteiger partial charge on any atom is 0.280 e. The van der Waals surface area contributed by atoms with Gasteiger partial charge >= 0.3 is 0 Å². The SMILES string of the molecule is CC(C)C(NS(=O)(=O)N(C)C(C)C)C(N)=S. The summed E-state index contributed by atoms with van der Waals surface area (Å²) in [5.74, 6) is 0.0211. The van der Waals surface area contributed by atoms with Crippen LogP contribution in [0.4, 0.5) is 0 Å². The van der Waals surface area contributed by atoms with Gasteiger partial charge in [0.05, 0.1) is 11.0 Å². The Kier molecular flexibility index (Phi) is 5.81. The largest absolute Gasteiger partial charge is 0.392 e. The van der Waals surface area contributed by atoms with E-state index < -0.39 is 16.3 Å². The molecule has 0 fully saturated rings. The quantitative estimate of drug-likeness (QED) is 0.686. The van der Waals surface area contributed by atoms with Crippen LogP contribution in [0.15, 0.2) is 0 Å². The highest BCUT2D eigenvalue weighted by molar-refractivity contribution is 7.87. The standard InChI is InChI=1S/C9H21N3O2S2/c1-6(2)8(9(10)15)11-16(13,14)12(5)7(3)4/h6-8,11H,1-5H3,(H2,10,15). The molecule has 0 aliphatic heterocycles. The smallest absolute Gasteiger partial charge is 0.280 e. The molecular weight excluding hydrogens is 246 g/mol. The predicted molar refractivity (Wildman–Crippen MR) is 70.4 cm³/mol. The highest BCUT2D eigenvalue weighted by Gasteiger charge is 2.27. The predicted octanol–water partition coefficient (Wildman–Crippen LogP) is 0.472. The van der Waals surface area contributed by atoms with Crippen LogP contribution in [0.25, 0.3) is 0 Å². The minimum atomic E-state index is -3.53. The molecule has 1 unspecified atom stereocenters. The van der Waals surface area contributed by atoms with E-state index in [0.717, 1.165) is 0 Å². The molecule has 1 atom stereocenters. The molecule has 3 N–H and O–H groups in total. The van der Waals surface area contributed by atoms with Crippen molar-refractivity contribution in [1.29, 1.82) is 0 Å². The molecule has 96 valence electrons. The van der Waals surface area contributed by atoms with Gasteiger partial charge in [0.1, 0.15) is 0 Å². The third kappa shape index (κ3) is 4.32. The molecule has 0 aromatic carbocycles. The molecule has 0 aliphatic rings. The molecule has 0 bridgehead atoms. The van der Waals surface area contributed by atoms with Gasteiger partial charge in [-0.2, -0.15) is 17.4 Å². The van der Waals surface area contributed by atoms with Gasteiger partial charge in [-0.05, 0) is 19.8 Å². The van der Waals surface area contributed by atoms with E-state index in [-0.39, 0.29) is 16.9 Å². The van der Waals surface area contributed by atoms with E-state index in [1.807, 2.05) is 13.8 Å². The maximum absolute atomic E-state index is 11.9. The fourth-order valence-electron chi connectivity index (χ4n) is 1.04. The topological polar surface area (TPSA) is 75.4 Å². The number of rotatable bonds is 6. The van der Waals surface area contributed by atoms with Crippen molar-refractivity contribution in [3.63, 3.8) is 0 Å². The van der Waals surface area contributed by atoms with Crippen molar-refractivity contribution in [3.05, 3.63) is 0 Å². The molecule has 0 rings (SSSR count). The second-order valence-electron chi connectivity index (χ2n) is 4.36. The third-order valence-electron chi connectivity index (χ3n) is 2.36. The van der Waals surface area contributed by atoms with Crippen molar-refractivity contribution < 1.29 is 8.42 Å². The summed E-state index contributed by atoms with van der Waals surface area (Å²) in [6.45, 7) is 7.32. The normalized spacial score (nSPS) is 14.8. The van der Waals surface area contributed by atoms with Crippen LogP contribution >= 0.6 is 12.2 Å². The van der Waals surface area contributed by atoms with Crippen LogP contribution in [0.2, 0.25) is 0 Å². The van der Waals surface area contributed by atoms with E-state index in [1.165, 1.54) is 11.4 Å². The number of nitrogens with two attached hydrogens (primary N) is 1. The first-order valence-electron chi connectivity index (χ1n) is 5.14. The van der Waals surface area contributed by atoms with E-state index in [0.29, 0.717) is 0 Å². The zero-order valence-corrected chi connectivity index (χ0v) is 12.0. The van der Waals surface area contributed by atoms with Crippen molar-refractivity contribution in [1.82, 2.24) is 9.03 Å². The van der Waals surface area contributed by atoms with Crippen molar-refractivity contribution in [3.8, 4) is 0 Å². The Labute approximate surface area is 104 Å². The minimum absolute atomic E-state index is 0.0211. The Morgan fingerprint density at radius 3 is 2.00 bits per heavy atom. The zero-order chi connectivity index (χ0) is 13.1. The minimum Gasteiger partial charge on any atom is -0.392 e. The van der Waals surface area contributed by atoms with E-state index in [9.17, 15) is 8.42 Å². The molecule has 0 aromatic heterocycles. The lowest BCUT2D eigenvalue weighted by Gasteiger charge is -2.26. The van der Waals surface area contributed by atoms with Crippen LogP contribution in [-0.2, 0) is 10.2 Å². The van der Waals surface area contributed by atoms with Gasteiger partial charge in [-0.1, -0.05) is 26.1 Å². The van der Waals surface area contributed by atoms with Crippen molar-refractivity contribution >= 4 is 27.4 Å². The van der Waals surface area contributed by atoms with Gasteiger partial charge in [0.25, 0.3) is 10.2 Å². The zero-order valence-electron chi connectivity index (χ0n) is 10.4. The Hall–Kier alpha value is -0.240. The molecule has 0 aromatic rings. The Balaban J connectivity index is 4.88. The molecular formula is C9H21N3O2S2. The van der Waals surface area contributed by atoms with Crippen LogP contribution in [0.5, 0.6) is 0 Å². The molecule has 5 nitrogen and oxygen atoms in total. The van der Waals surface area contributed by atoms with E-state index >= 15 is 0 Å². The molecule has 0 radical (unpaired) electrons. The average Bonchev–Trinajstić information content (AvgIpc) is 2.11. The first kappa shape index (κ1) is 15.8. The lowest BCUT2D eigenvalue weighted by molar-refractivity contribution is 0.394. The van der Waals surface area contributed by atoms with Crippen LogP contribution < -0.4 is 10.5 Å². The molecule has 0 saturated heterocycles. The molecule has 0 saturated carbocycles. The lowest BCUT2D eigenvalue weighted by Crippen LogP contribution is -2.52. The van der Waals surface area contributed by atoms with E-state index in [1.54, 1.807) is 13.8 Å². The van der Waals surface area contributed by atoms with E-state index in [2.05, 4.69) is 4.72 Å². The maximum atomic E-state index is 11.9. The van der Waals surface area contributed by atoms with Crippen molar-refractivity contribution in [2.75, 3.05) is 7.05 Å². The molecule has 16 heavy (non-hydrogen) atoms. The molecule has 0 heterocycles. The number of thiocarbonyl (C=S) groups is 1. The highest BCUT2D eigenvalue weighted by atomic mass is 32.2. The van der Waals surface area contributed by atoms with Gasteiger partial charge in [0.15, 0.2) is 0 Å². The fraction of sp³-hybridized carbons (Fsp3) is 0.889. The average molecular weight is 267 g/mol. The van der Waals surface area contributed by atoms with Gasteiger partial charge in [0.2, 0.25) is 0 Å². The molecule has 0 amide bonds. The lowest BCUT2D eigenvalue weighted by atomic mass is 10.1. The second-order valence-corrected chi connectivity index (χ2v) is 6.59. The van der Waals surface area contributed by atoms with Crippen LogP contribution in [-0.4, -0.2) is 36.8 Å². The molecule has 7 heteroatoms. The first-order chi connectivity index (χ1) is 7.09.